The number of nitrogens with one attached hydrogen (secondary N) is 2. The van der Waals surface area contributed by atoms with E-state index in [-0.39, 0.29) is 17.8 Å². The van der Waals surface area contributed by atoms with Crippen LogP contribution in [0.1, 0.15) is 23.5 Å². The predicted octanol–water partition coefficient (Wildman–Crippen LogP) is 5.65. The first-order chi connectivity index (χ1) is 16.1. The summed E-state index contributed by atoms with van der Waals surface area (Å²) in [5.74, 6) is 0. The molecule has 0 bridgehead atoms. The van der Waals surface area contributed by atoms with Gasteiger partial charge in [0.15, 0.2) is 5.11 Å². The second-order valence-corrected chi connectivity index (χ2v) is 9.00. The van der Waals surface area contributed by atoms with Crippen LogP contribution in [0, 0.1) is 10.1 Å². The van der Waals surface area contributed by atoms with E-state index in [1.165, 1.54) is 12.1 Å². The SMILES string of the molecule is O=[N+]([O-])c1ccc(Sc2ccc(N3C(=S)N[C@@H](c4ccccn4)[C@H]3c3ccc[nH]3)cc2)cc1. The van der Waals surface area contributed by atoms with Crippen molar-refractivity contribution in [1.82, 2.24) is 15.3 Å². The lowest BCUT2D eigenvalue weighted by Crippen LogP contribution is -2.29. The van der Waals surface area contributed by atoms with Crippen molar-refractivity contribution in [3.8, 4) is 0 Å². The van der Waals surface area contributed by atoms with E-state index in [2.05, 4.69) is 26.3 Å². The first-order valence-corrected chi connectivity index (χ1v) is 11.5. The Morgan fingerprint density at radius 2 is 1.70 bits per heavy atom. The lowest BCUT2D eigenvalue weighted by Gasteiger charge is -2.27. The number of nitro benzene ring substituents is 1. The predicted molar refractivity (Wildman–Crippen MR) is 132 cm³/mol. The highest BCUT2D eigenvalue weighted by molar-refractivity contribution is 7.99. The summed E-state index contributed by atoms with van der Waals surface area (Å²) in [4.78, 5) is 22.4. The highest BCUT2D eigenvalue weighted by Gasteiger charge is 2.41. The molecule has 1 aliphatic heterocycles. The van der Waals surface area contributed by atoms with Gasteiger partial charge in [-0.25, -0.2) is 0 Å². The van der Waals surface area contributed by atoms with E-state index in [4.69, 9.17) is 12.2 Å². The summed E-state index contributed by atoms with van der Waals surface area (Å²) >= 11 is 7.28. The van der Waals surface area contributed by atoms with Crippen LogP contribution in [0.5, 0.6) is 0 Å². The zero-order valence-electron chi connectivity index (χ0n) is 17.3. The van der Waals surface area contributed by atoms with Gasteiger partial charge in [0.1, 0.15) is 6.04 Å². The minimum absolute atomic E-state index is 0.0735. The van der Waals surface area contributed by atoms with Crippen molar-refractivity contribution in [3.63, 3.8) is 0 Å². The van der Waals surface area contributed by atoms with Gasteiger partial charge in [0.25, 0.3) is 5.69 Å². The summed E-state index contributed by atoms with van der Waals surface area (Å²) in [6.07, 6.45) is 3.70. The number of benzene rings is 2. The van der Waals surface area contributed by atoms with Crippen LogP contribution in [0.4, 0.5) is 11.4 Å². The third-order valence-corrected chi connectivity index (χ3v) is 6.77. The van der Waals surface area contributed by atoms with Crippen molar-refractivity contribution in [2.75, 3.05) is 4.90 Å². The van der Waals surface area contributed by atoms with Gasteiger partial charge in [-0.2, -0.15) is 0 Å². The zero-order valence-corrected chi connectivity index (χ0v) is 18.9. The lowest BCUT2D eigenvalue weighted by atomic mass is 10.0. The Morgan fingerprint density at radius 3 is 2.30 bits per heavy atom. The number of pyridine rings is 1. The molecule has 0 spiro atoms. The number of nitrogens with zero attached hydrogens (tertiary/aromatic N) is 3. The van der Waals surface area contributed by atoms with E-state index >= 15 is 0 Å². The van der Waals surface area contributed by atoms with Crippen molar-refractivity contribution in [2.45, 2.75) is 21.9 Å². The van der Waals surface area contributed by atoms with Crippen LogP contribution in [0.3, 0.4) is 0 Å². The Balaban J connectivity index is 1.41. The maximum Gasteiger partial charge on any atom is 0.269 e. The number of anilines is 1. The summed E-state index contributed by atoms with van der Waals surface area (Å²) in [7, 11) is 0. The second kappa shape index (κ2) is 9.05. The molecule has 164 valence electrons. The molecule has 2 aromatic carbocycles. The molecule has 3 heterocycles. The largest absolute Gasteiger partial charge is 0.363 e. The number of H-pyrrole nitrogens is 1. The monoisotopic (exact) mass is 473 g/mol. The van der Waals surface area contributed by atoms with Crippen LogP contribution < -0.4 is 10.2 Å². The molecule has 0 unspecified atom stereocenters. The molecule has 0 amide bonds. The van der Waals surface area contributed by atoms with Crippen molar-refractivity contribution in [1.29, 1.82) is 0 Å². The zero-order chi connectivity index (χ0) is 22.8. The fourth-order valence-corrected chi connectivity index (χ4v) is 5.09. The number of aromatic amines is 1. The van der Waals surface area contributed by atoms with Crippen LogP contribution >= 0.6 is 24.0 Å². The third-order valence-electron chi connectivity index (χ3n) is 5.44. The van der Waals surface area contributed by atoms with Crippen LogP contribution in [0.2, 0.25) is 0 Å². The van der Waals surface area contributed by atoms with E-state index in [0.29, 0.717) is 5.11 Å². The van der Waals surface area contributed by atoms with Gasteiger partial charge in [0.05, 0.1) is 16.7 Å². The van der Waals surface area contributed by atoms with Gasteiger partial charge in [-0.1, -0.05) is 17.8 Å². The average Bonchev–Trinajstić information content (AvgIpc) is 3.48. The van der Waals surface area contributed by atoms with Crippen LogP contribution in [-0.4, -0.2) is 20.0 Å². The van der Waals surface area contributed by atoms with Gasteiger partial charge in [-0.3, -0.25) is 15.1 Å². The Morgan fingerprint density at radius 1 is 0.970 bits per heavy atom. The standard InChI is InChI=1S/C24H19N5O2S2/c30-29(31)17-8-12-19(13-9-17)33-18-10-6-16(7-11-18)28-23(21-5-3-15-26-21)22(27-24(28)32)20-4-1-2-14-25-20/h1-15,22-23,26H,(H,27,32)/t22-,23+/m0/s1. The maximum absolute atomic E-state index is 10.9. The number of thiocarbonyl (C=S) groups is 1. The quantitative estimate of drug-likeness (QED) is 0.213. The first kappa shape index (κ1) is 21.2. The Hall–Kier alpha value is -3.69. The molecule has 7 nitrogen and oxygen atoms in total. The second-order valence-electron chi connectivity index (χ2n) is 7.47. The molecule has 33 heavy (non-hydrogen) atoms. The summed E-state index contributed by atoms with van der Waals surface area (Å²) in [6, 6.07) is 24.5. The van der Waals surface area contributed by atoms with Gasteiger partial charge < -0.3 is 15.2 Å². The van der Waals surface area contributed by atoms with Crippen molar-refractivity contribution in [2.24, 2.45) is 0 Å². The molecule has 0 aliphatic carbocycles. The highest BCUT2D eigenvalue weighted by atomic mass is 32.2. The van der Waals surface area contributed by atoms with E-state index in [1.54, 1.807) is 30.1 Å². The molecule has 2 N–H and O–H groups in total. The minimum atomic E-state index is -0.394. The van der Waals surface area contributed by atoms with Crippen molar-refractivity contribution < 1.29 is 4.92 Å². The number of non-ortho nitro benzene ring substituents is 1. The topological polar surface area (TPSA) is 87.1 Å². The molecule has 0 radical (unpaired) electrons. The minimum Gasteiger partial charge on any atom is -0.363 e. The number of hydrogen-bond acceptors (Lipinski definition) is 5. The van der Waals surface area contributed by atoms with Gasteiger partial charge in [0, 0.05) is 45.7 Å². The molecule has 1 fully saturated rings. The third kappa shape index (κ3) is 4.33. The lowest BCUT2D eigenvalue weighted by molar-refractivity contribution is -0.384. The molecule has 2 aromatic heterocycles. The van der Waals surface area contributed by atoms with Crippen LogP contribution in [-0.2, 0) is 0 Å². The van der Waals surface area contributed by atoms with Crippen LogP contribution in [0.15, 0.2) is 101 Å². The Labute approximate surface area is 200 Å². The molecular formula is C24H19N5O2S2. The molecule has 1 aliphatic rings. The average molecular weight is 474 g/mol. The summed E-state index contributed by atoms with van der Waals surface area (Å²) < 4.78 is 0. The Kier molecular flexibility index (Phi) is 5.80. The molecule has 5 rings (SSSR count). The molecule has 9 heteroatoms. The number of nitro groups is 1. The van der Waals surface area contributed by atoms with E-state index in [0.717, 1.165) is 26.9 Å². The Bertz CT molecular complexity index is 1260. The maximum atomic E-state index is 10.9. The number of rotatable bonds is 6. The first-order valence-electron chi connectivity index (χ1n) is 10.3. The van der Waals surface area contributed by atoms with Crippen LogP contribution in [0.25, 0.3) is 0 Å². The smallest absolute Gasteiger partial charge is 0.269 e. The van der Waals surface area contributed by atoms with Crippen molar-refractivity contribution >= 4 is 40.5 Å². The van der Waals surface area contributed by atoms with Gasteiger partial charge in [-0.15, -0.1) is 0 Å². The fourth-order valence-electron chi connectivity index (χ4n) is 3.92. The molecule has 4 aromatic rings. The van der Waals surface area contributed by atoms with Gasteiger partial charge in [-0.05, 0) is 72.9 Å². The molecule has 0 saturated carbocycles. The number of hydrogen-bond donors (Lipinski definition) is 2. The fraction of sp³-hybridized carbons (Fsp3) is 0.0833. The molecular weight excluding hydrogens is 454 g/mol. The van der Waals surface area contributed by atoms with E-state index in [1.807, 2.05) is 54.7 Å². The van der Waals surface area contributed by atoms with Gasteiger partial charge in [0.2, 0.25) is 0 Å². The molecule has 1 saturated heterocycles. The highest BCUT2D eigenvalue weighted by Crippen LogP contribution is 2.41. The summed E-state index contributed by atoms with van der Waals surface area (Å²) in [5, 5.41) is 14.9. The number of aromatic nitrogens is 2. The summed E-state index contributed by atoms with van der Waals surface area (Å²) in [6.45, 7) is 0. The molecule has 2 atom stereocenters. The van der Waals surface area contributed by atoms with Crippen molar-refractivity contribution in [3.05, 3.63) is 113 Å². The normalized spacial score (nSPS) is 17.7. The summed E-state index contributed by atoms with van der Waals surface area (Å²) in [5.41, 5.74) is 3.02. The van der Waals surface area contributed by atoms with E-state index in [9.17, 15) is 10.1 Å². The van der Waals surface area contributed by atoms with E-state index < -0.39 is 4.92 Å². The van der Waals surface area contributed by atoms with Gasteiger partial charge >= 0.3 is 0 Å².